The van der Waals surface area contributed by atoms with E-state index in [2.05, 4.69) is 5.32 Å². The third-order valence-corrected chi connectivity index (χ3v) is 2.67. The highest BCUT2D eigenvalue weighted by Gasteiger charge is 2.00. The Kier molecular flexibility index (Phi) is 3.72. The molecule has 0 aliphatic carbocycles. The molecule has 0 aliphatic rings. The van der Waals surface area contributed by atoms with E-state index in [1.807, 2.05) is 56.3 Å². The van der Waals surface area contributed by atoms with Gasteiger partial charge in [0.15, 0.2) is 0 Å². The van der Waals surface area contributed by atoms with Gasteiger partial charge in [-0.15, -0.1) is 0 Å². The Balaban J connectivity index is 2.20. The van der Waals surface area contributed by atoms with Crippen LogP contribution in [0.1, 0.15) is 12.5 Å². The minimum atomic E-state index is 0.671. The smallest absolute Gasteiger partial charge is 0.121 e. The molecule has 3 heteroatoms. The maximum Gasteiger partial charge on any atom is 0.121 e. The molecule has 0 spiro atoms. The highest BCUT2D eigenvalue weighted by molar-refractivity contribution is 5.66. The number of ether oxygens (including phenoxy) is 1. The van der Waals surface area contributed by atoms with E-state index in [4.69, 9.17) is 10.5 Å². The predicted octanol–water partition coefficient (Wildman–Crippen LogP) is 3.72. The summed E-state index contributed by atoms with van der Waals surface area (Å²) in [5, 5.41) is 3.36. The van der Waals surface area contributed by atoms with Crippen molar-refractivity contribution in [3.05, 3.63) is 48.0 Å². The Hall–Kier alpha value is -2.16. The number of nitrogens with one attached hydrogen (secondary N) is 1. The van der Waals surface area contributed by atoms with Crippen LogP contribution in [0.15, 0.2) is 42.5 Å². The van der Waals surface area contributed by atoms with E-state index in [1.165, 1.54) is 0 Å². The van der Waals surface area contributed by atoms with Crippen LogP contribution in [0.5, 0.6) is 5.75 Å². The molecule has 3 N–H and O–H groups in total. The number of benzene rings is 2. The van der Waals surface area contributed by atoms with Crippen molar-refractivity contribution in [2.24, 2.45) is 0 Å². The molecule has 2 rings (SSSR count). The van der Waals surface area contributed by atoms with E-state index in [0.29, 0.717) is 6.61 Å². The van der Waals surface area contributed by atoms with Gasteiger partial charge in [-0.25, -0.2) is 0 Å². The van der Waals surface area contributed by atoms with Crippen LogP contribution in [-0.4, -0.2) is 6.61 Å². The molecule has 0 aromatic heterocycles. The van der Waals surface area contributed by atoms with Crippen LogP contribution in [0, 0.1) is 6.92 Å². The van der Waals surface area contributed by atoms with Gasteiger partial charge in [0, 0.05) is 23.1 Å². The minimum Gasteiger partial charge on any atom is -0.494 e. The second-order valence-electron chi connectivity index (χ2n) is 4.16. The van der Waals surface area contributed by atoms with Gasteiger partial charge >= 0.3 is 0 Å². The SMILES string of the molecule is CCOc1cccc(Nc2ccc(N)cc2C)c1. The normalized spacial score (nSPS) is 10.1. The van der Waals surface area contributed by atoms with Gasteiger partial charge < -0.3 is 15.8 Å². The molecule has 2 aromatic rings. The number of anilines is 3. The van der Waals surface area contributed by atoms with Crippen molar-refractivity contribution in [2.75, 3.05) is 17.7 Å². The van der Waals surface area contributed by atoms with E-state index in [-0.39, 0.29) is 0 Å². The lowest BCUT2D eigenvalue weighted by atomic mass is 10.1. The van der Waals surface area contributed by atoms with Crippen LogP contribution < -0.4 is 15.8 Å². The molecular formula is C15H18N2O. The van der Waals surface area contributed by atoms with Crippen molar-refractivity contribution in [1.82, 2.24) is 0 Å². The third-order valence-electron chi connectivity index (χ3n) is 2.67. The monoisotopic (exact) mass is 242 g/mol. The Morgan fingerprint density at radius 3 is 2.72 bits per heavy atom. The largest absolute Gasteiger partial charge is 0.494 e. The van der Waals surface area contributed by atoms with Gasteiger partial charge in [0.2, 0.25) is 0 Å². The Labute approximate surface area is 108 Å². The lowest BCUT2D eigenvalue weighted by Crippen LogP contribution is -1.96. The zero-order valence-electron chi connectivity index (χ0n) is 10.7. The first-order valence-corrected chi connectivity index (χ1v) is 6.05. The summed E-state index contributed by atoms with van der Waals surface area (Å²) in [6, 6.07) is 13.7. The Morgan fingerprint density at radius 1 is 1.17 bits per heavy atom. The number of hydrogen-bond acceptors (Lipinski definition) is 3. The molecule has 3 nitrogen and oxygen atoms in total. The summed E-state index contributed by atoms with van der Waals surface area (Å²) in [6.07, 6.45) is 0. The van der Waals surface area contributed by atoms with Crippen LogP contribution in [0.2, 0.25) is 0 Å². The van der Waals surface area contributed by atoms with Gasteiger partial charge in [-0.05, 0) is 49.7 Å². The van der Waals surface area contributed by atoms with Crippen LogP contribution in [0.3, 0.4) is 0 Å². The summed E-state index contributed by atoms with van der Waals surface area (Å²) in [5.41, 5.74) is 9.70. The number of nitrogen functional groups attached to an aromatic ring is 1. The number of rotatable bonds is 4. The maximum atomic E-state index is 5.74. The molecular weight excluding hydrogens is 224 g/mol. The summed E-state index contributed by atoms with van der Waals surface area (Å²) in [4.78, 5) is 0. The van der Waals surface area contributed by atoms with Crippen LogP contribution in [0.4, 0.5) is 17.1 Å². The molecule has 0 unspecified atom stereocenters. The van der Waals surface area contributed by atoms with Crippen LogP contribution >= 0.6 is 0 Å². The van der Waals surface area contributed by atoms with Crippen molar-refractivity contribution >= 4 is 17.1 Å². The molecule has 0 atom stereocenters. The van der Waals surface area contributed by atoms with Crippen LogP contribution in [-0.2, 0) is 0 Å². The van der Waals surface area contributed by atoms with Gasteiger partial charge in [0.05, 0.1) is 6.61 Å². The number of nitrogens with two attached hydrogens (primary N) is 1. The summed E-state index contributed by atoms with van der Waals surface area (Å²) < 4.78 is 5.47. The average Bonchev–Trinajstić information content (AvgIpc) is 2.34. The second-order valence-corrected chi connectivity index (χ2v) is 4.16. The van der Waals surface area contributed by atoms with Crippen molar-refractivity contribution in [3.8, 4) is 5.75 Å². The zero-order chi connectivity index (χ0) is 13.0. The summed E-state index contributed by atoms with van der Waals surface area (Å²) in [7, 11) is 0. The van der Waals surface area contributed by atoms with Gasteiger partial charge in [0.1, 0.15) is 5.75 Å². The fourth-order valence-electron chi connectivity index (χ4n) is 1.81. The number of hydrogen-bond donors (Lipinski definition) is 2. The molecule has 0 radical (unpaired) electrons. The molecule has 0 fully saturated rings. The Bertz CT molecular complexity index is 538. The van der Waals surface area contributed by atoms with E-state index in [9.17, 15) is 0 Å². The molecule has 2 aromatic carbocycles. The minimum absolute atomic E-state index is 0.671. The summed E-state index contributed by atoms with van der Waals surface area (Å²) >= 11 is 0. The van der Waals surface area contributed by atoms with Gasteiger partial charge in [-0.1, -0.05) is 6.07 Å². The second kappa shape index (κ2) is 5.45. The van der Waals surface area contributed by atoms with Gasteiger partial charge in [-0.3, -0.25) is 0 Å². The van der Waals surface area contributed by atoms with Crippen molar-refractivity contribution < 1.29 is 4.74 Å². The summed E-state index contributed by atoms with van der Waals surface area (Å²) in [6.45, 7) is 4.68. The van der Waals surface area contributed by atoms with E-state index >= 15 is 0 Å². The first-order chi connectivity index (χ1) is 8.69. The fraction of sp³-hybridized carbons (Fsp3) is 0.200. The molecule has 0 aliphatic heterocycles. The lowest BCUT2D eigenvalue weighted by Gasteiger charge is -2.11. The first-order valence-electron chi connectivity index (χ1n) is 6.05. The molecule has 18 heavy (non-hydrogen) atoms. The van der Waals surface area contributed by atoms with E-state index < -0.39 is 0 Å². The predicted molar refractivity (Wildman–Crippen MR) is 76.5 cm³/mol. The lowest BCUT2D eigenvalue weighted by molar-refractivity contribution is 0.340. The van der Waals surface area contributed by atoms with E-state index in [1.54, 1.807) is 0 Å². The van der Waals surface area contributed by atoms with E-state index in [0.717, 1.165) is 28.4 Å². The number of aryl methyl sites for hydroxylation is 1. The first kappa shape index (κ1) is 12.3. The van der Waals surface area contributed by atoms with Crippen molar-refractivity contribution in [1.29, 1.82) is 0 Å². The standard InChI is InChI=1S/C15H18N2O/c1-3-18-14-6-4-5-13(10-14)17-15-8-7-12(16)9-11(15)2/h4-10,17H,3,16H2,1-2H3. The van der Waals surface area contributed by atoms with Gasteiger partial charge in [-0.2, -0.15) is 0 Å². The zero-order valence-corrected chi connectivity index (χ0v) is 10.7. The van der Waals surface area contributed by atoms with Gasteiger partial charge in [0.25, 0.3) is 0 Å². The molecule has 0 saturated carbocycles. The summed E-state index contributed by atoms with van der Waals surface area (Å²) in [5.74, 6) is 0.871. The fourth-order valence-corrected chi connectivity index (χ4v) is 1.81. The molecule has 94 valence electrons. The van der Waals surface area contributed by atoms with Crippen molar-refractivity contribution in [2.45, 2.75) is 13.8 Å². The van der Waals surface area contributed by atoms with Crippen molar-refractivity contribution in [3.63, 3.8) is 0 Å². The third kappa shape index (κ3) is 2.94. The quantitative estimate of drug-likeness (QED) is 0.803. The highest BCUT2D eigenvalue weighted by atomic mass is 16.5. The molecule has 0 saturated heterocycles. The molecule has 0 bridgehead atoms. The average molecular weight is 242 g/mol. The Morgan fingerprint density at radius 2 is 2.00 bits per heavy atom. The highest BCUT2D eigenvalue weighted by Crippen LogP contribution is 2.24. The molecule has 0 amide bonds. The van der Waals surface area contributed by atoms with Crippen LogP contribution in [0.25, 0.3) is 0 Å². The topological polar surface area (TPSA) is 47.3 Å². The molecule has 0 heterocycles. The maximum absolute atomic E-state index is 5.74.